The fourth-order valence-electron chi connectivity index (χ4n) is 2.21. The third-order valence-electron chi connectivity index (χ3n) is 3.01. The topological polar surface area (TPSA) is 54.7 Å². The number of halogens is 1. The van der Waals surface area contributed by atoms with Crippen molar-refractivity contribution >= 4 is 21.8 Å². The Hall–Kier alpha value is -0.850. The van der Waals surface area contributed by atoms with Gasteiger partial charge in [-0.3, -0.25) is 4.79 Å². The van der Waals surface area contributed by atoms with Gasteiger partial charge in [-0.15, -0.1) is 0 Å². The van der Waals surface area contributed by atoms with Crippen molar-refractivity contribution in [3.05, 3.63) is 22.4 Å². The van der Waals surface area contributed by atoms with Crippen LogP contribution in [0, 0.1) is 0 Å². The minimum absolute atomic E-state index is 0.0307. The average Bonchev–Trinajstić information content (AvgIpc) is 2.66. The molecule has 0 spiro atoms. The second kappa shape index (κ2) is 5.42. The van der Waals surface area contributed by atoms with Crippen molar-refractivity contribution < 1.29 is 14.6 Å². The fraction of sp³-hybridized carbons (Fsp3) is 0.583. The van der Waals surface area contributed by atoms with Gasteiger partial charge in [0.05, 0.1) is 18.8 Å². The van der Waals surface area contributed by atoms with E-state index in [0.717, 1.165) is 4.47 Å². The normalized spacial score (nSPS) is 24.3. The number of carbonyl (C=O) groups is 1. The maximum absolute atomic E-state index is 12.4. The van der Waals surface area contributed by atoms with Gasteiger partial charge in [0.25, 0.3) is 5.91 Å². The summed E-state index contributed by atoms with van der Waals surface area (Å²) in [5.74, 6) is -0.0307. The van der Waals surface area contributed by atoms with Crippen molar-refractivity contribution in [3.63, 3.8) is 0 Å². The lowest BCUT2D eigenvalue weighted by molar-refractivity contribution is -0.0860. The standard InChI is InChI=1S/C12H17BrN2O3/c1-8-4-15(6-10(7-16)18-8)12(17)11-3-9(13)5-14(11)2/h3,5,8,10,16H,4,6-7H2,1-2H3. The van der Waals surface area contributed by atoms with E-state index in [-0.39, 0.29) is 24.7 Å². The Bertz CT molecular complexity index is 447. The van der Waals surface area contributed by atoms with E-state index in [9.17, 15) is 4.79 Å². The lowest BCUT2D eigenvalue weighted by Gasteiger charge is -2.36. The first-order chi connectivity index (χ1) is 8.51. The molecule has 2 heterocycles. The number of rotatable bonds is 2. The van der Waals surface area contributed by atoms with Gasteiger partial charge in [-0.1, -0.05) is 0 Å². The molecule has 5 nitrogen and oxygen atoms in total. The van der Waals surface area contributed by atoms with Crippen molar-refractivity contribution in [3.8, 4) is 0 Å². The summed E-state index contributed by atoms with van der Waals surface area (Å²) in [4.78, 5) is 14.1. The minimum Gasteiger partial charge on any atom is -0.394 e. The number of hydrogen-bond donors (Lipinski definition) is 1. The van der Waals surface area contributed by atoms with Gasteiger partial charge < -0.3 is 19.3 Å². The van der Waals surface area contributed by atoms with Crippen LogP contribution in [0.3, 0.4) is 0 Å². The van der Waals surface area contributed by atoms with Crippen molar-refractivity contribution in [2.75, 3.05) is 19.7 Å². The molecule has 1 aliphatic heterocycles. The van der Waals surface area contributed by atoms with E-state index in [0.29, 0.717) is 18.8 Å². The van der Waals surface area contributed by atoms with E-state index in [1.807, 2.05) is 20.2 Å². The van der Waals surface area contributed by atoms with Crippen LogP contribution in [0.5, 0.6) is 0 Å². The Morgan fingerprint density at radius 1 is 1.61 bits per heavy atom. The zero-order chi connectivity index (χ0) is 13.3. The van der Waals surface area contributed by atoms with E-state index in [1.54, 1.807) is 15.5 Å². The summed E-state index contributed by atoms with van der Waals surface area (Å²) < 4.78 is 8.20. The molecular weight excluding hydrogens is 300 g/mol. The third-order valence-corrected chi connectivity index (χ3v) is 3.44. The first-order valence-corrected chi connectivity index (χ1v) is 6.68. The number of aromatic nitrogens is 1. The minimum atomic E-state index is -0.290. The Labute approximate surface area is 114 Å². The molecule has 0 saturated carbocycles. The quantitative estimate of drug-likeness (QED) is 0.886. The first kappa shape index (κ1) is 13.6. The summed E-state index contributed by atoms with van der Waals surface area (Å²) in [6.45, 7) is 2.83. The van der Waals surface area contributed by atoms with Gasteiger partial charge in [-0.2, -0.15) is 0 Å². The summed E-state index contributed by atoms with van der Waals surface area (Å²) in [7, 11) is 1.84. The summed E-state index contributed by atoms with van der Waals surface area (Å²) in [5, 5.41) is 9.16. The van der Waals surface area contributed by atoms with Crippen LogP contribution in [0.25, 0.3) is 0 Å². The zero-order valence-electron chi connectivity index (χ0n) is 10.5. The molecule has 1 saturated heterocycles. The van der Waals surface area contributed by atoms with Crippen molar-refractivity contribution in [1.29, 1.82) is 0 Å². The highest BCUT2D eigenvalue weighted by atomic mass is 79.9. The average molecular weight is 317 g/mol. The number of morpholine rings is 1. The number of amides is 1. The number of hydrogen-bond acceptors (Lipinski definition) is 3. The van der Waals surface area contributed by atoms with Crippen LogP contribution in [0.1, 0.15) is 17.4 Å². The molecule has 0 bridgehead atoms. The van der Waals surface area contributed by atoms with Gasteiger partial charge in [0, 0.05) is 30.8 Å². The molecule has 2 atom stereocenters. The highest BCUT2D eigenvalue weighted by molar-refractivity contribution is 9.10. The van der Waals surface area contributed by atoms with Crippen molar-refractivity contribution in [2.24, 2.45) is 7.05 Å². The van der Waals surface area contributed by atoms with E-state index >= 15 is 0 Å². The summed E-state index contributed by atoms with van der Waals surface area (Å²) in [5.41, 5.74) is 0.632. The van der Waals surface area contributed by atoms with Crippen LogP contribution >= 0.6 is 15.9 Å². The summed E-state index contributed by atoms with van der Waals surface area (Å²) in [6, 6.07) is 1.80. The van der Waals surface area contributed by atoms with Crippen LogP contribution in [-0.4, -0.2) is 52.4 Å². The van der Waals surface area contributed by atoms with E-state index in [4.69, 9.17) is 9.84 Å². The van der Waals surface area contributed by atoms with E-state index in [1.165, 1.54) is 0 Å². The number of aryl methyl sites for hydroxylation is 1. The largest absolute Gasteiger partial charge is 0.394 e. The first-order valence-electron chi connectivity index (χ1n) is 5.88. The highest BCUT2D eigenvalue weighted by Crippen LogP contribution is 2.18. The highest BCUT2D eigenvalue weighted by Gasteiger charge is 2.29. The number of aliphatic hydroxyl groups excluding tert-OH is 1. The molecule has 1 aromatic heterocycles. The van der Waals surface area contributed by atoms with Crippen LogP contribution < -0.4 is 0 Å². The van der Waals surface area contributed by atoms with Gasteiger partial charge in [0.2, 0.25) is 0 Å². The maximum atomic E-state index is 12.4. The van der Waals surface area contributed by atoms with E-state index in [2.05, 4.69) is 15.9 Å². The molecule has 6 heteroatoms. The number of ether oxygens (including phenoxy) is 1. The Morgan fingerprint density at radius 3 is 2.89 bits per heavy atom. The van der Waals surface area contributed by atoms with Crippen LogP contribution in [0.2, 0.25) is 0 Å². The number of carbonyl (C=O) groups excluding carboxylic acids is 1. The van der Waals surface area contributed by atoms with Crippen LogP contribution in [0.4, 0.5) is 0 Å². The molecule has 1 amide bonds. The summed E-state index contributed by atoms with van der Waals surface area (Å²) in [6.07, 6.45) is 1.51. The van der Waals surface area contributed by atoms with Gasteiger partial charge in [0.15, 0.2) is 0 Å². The second-order valence-electron chi connectivity index (χ2n) is 4.62. The molecule has 1 N–H and O–H groups in total. The van der Waals surface area contributed by atoms with Gasteiger partial charge >= 0.3 is 0 Å². The fourth-order valence-corrected chi connectivity index (χ4v) is 2.73. The lowest BCUT2D eigenvalue weighted by atomic mass is 10.2. The molecule has 0 radical (unpaired) electrons. The number of nitrogens with zero attached hydrogens (tertiary/aromatic N) is 2. The lowest BCUT2D eigenvalue weighted by Crippen LogP contribution is -2.50. The third kappa shape index (κ3) is 2.76. The zero-order valence-corrected chi connectivity index (χ0v) is 12.1. The Balaban J connectivity index is 2.15. The molecule has 18 heavy (non-hydrogen) atoms. The molecule has 2 unspecified atom stereocenters. The Kier molecular flexibility index (Phi) is 4.09. The predicted octanol–water partition coefficient (Wildman–Crippen LogP) is 1.01. The maximum Gasteiger partial charge on any atom is 0.270 e. The molecule has 0 aliphatic carbocycles. The van der Waals surface area contributed by atoms with Crippen molar-refractivity contribution in [1.82, 2.24) is 9.47 Å². The predicted molar refractivity (Wildman–Crippen MR) is 70.4 cm³/mol. The van der Waals surface area contributed by atoms with E-state index < -0.39 is 0 Å². The summed E-state index contributed by atoms with van der Waals surface area (Å²) >= 11 is 3.36. The van der Waals surface area contributed by atoms with Crippen LogP contribution in [-0.2, 0) is 11.8 Å². The van der Waals surface area contributed by atoms with Crippen LogP contribution in [0.15, 0.2) is 16.7 Å². The Morgan fingerprint density at radius 2 is 2.33 bits per heavy atom. The molecule has 1 aromatic rings. The van der Waals surface area contributed by atoms with Crippen molar-refractivity contribution in [2.45, 2.75) is 19.1 Å². The molecule has 2 rings (SSSR count). The monoisotopic (exact) mass is 316 g/mol. The second-order valence-corrected chi connectivity index (χ2v) is 5.53. The molecule has 1 fully saturated rings. The van der Waals surface area contributed by atoms with Gasteiger partial charge in [-0.05, 0) is 28.9 Å². The molecule has 100 valence electrons. The smallest absolute Gasteiger partial charge is 0.270 e. The SMILES string of the molecule is CC1CN(C(=O)c2cc(Br)cn2C)CC(CO)O1. The number of aliphatic hydroxyl groups is 1. The van der Waals surface area contributed by atoms with Gasteiger partial charge in [0.1, 0.15) is 5.69 Å². The van der Waals surface area contributed by atoms with Gasteiger partial charge in [-0.25, -0.2) is 0 Å². The molecule has 0 aromatic carbocycles. The molecule has 1 aliphatic rings. The molecular formula is C12H17BrN2O3.